The molecule has 1 saturated heterocycles. The number of ether oxygens (including phenoxy) is 2. The second kappa shape index (κ2) is 6.99. The Morgan fingerprint density at radius 1 is 1.11 bits per heavy atom. The Hall–Kier alpha value is -2.94. The molecule has 3 rings (SSSR count). The molecule has 0 unspecified atom stereocenters. The first-order valence-electron chi connectivity index (χ1n) is 8.46. The first kappa shape index (κ1) is 18.8. The summed E-state index contributed by atoms with van der Waals surface area (Å²) >= 11 is 0. The van der Waals surface area contributed by atoms with Gasteiger partial charge in [0.25, 0.3) is 11.8 Å². The minimum atomic E-state index is -1.13. The Balaban J connectivity index is 1.74. The fraction of sp³-hybridized carbons (Fsp3) is 0.444. The fourth-order valence-corrected chi connectivity index (χ4v) is 2.74. The maximum atomic E-state index is 12.6. The monoisotopic (exact) mass is 376 g/mol. The highest BCUT2D eigenvalue weighted by molar-refractivity contribution is 6.20. The van der Waals surface area contributed by atoms with E-state index in [2.05, 4.69) is 0 Å². The van der Waals surface area contributed by atoms with Crippen LogP contribution >= 0.6 is 0 Å². The average Bonchev–Trinajstić information content (AvgIpc) is 2.85. The lowest BCUT2D eigenvalue weighted by atomic mass is 10.1. The highest BCUT2D eigenvalue weighted by Gasteiger charge is 2.43. The number of imide groups is 1. The van der Waals surface area contributed by atoms with E-state index in [1.807, 2.05) is 0 Å². The first-order chi connectivity index (χ1) is 12.7. The van der Waals surface area contributed by atoms with Gasteiger partial charge in [-0.15, -0.1) is 0 Å². The molecule has 1 aromatic carbocycles. The molecule has 0 radical (unpaired) electrons. The summed E-state index contributed by atoms with van der Waals surface area (Å²) in [5.41, 5.74) is -0.440. The summed E-state index contributed by atoms with van der Waals surface area (Å²) in [6.45, 7) is 5.35. The van der Waals surface area contributed by atoms with Crippen LogP contribution < -0.4 is 0 Å². The summed E-state index contributed by atoms with van der Waals surface area (Å²) in [7, 11) is 0. The predicted octanol–water partition coefficient (Wildman–Crippen LogP) is 1.38. The van der Waals surface area contributed by atoms with Crippen molar-refractivity contribution < 1.29 is 33.5 Å². The third-order valence-electron chi connectivity index (χ3n) is 3.97. The van der Waals surface area contributed by atoms with E-state index in [0.717, 1.165) is 0 Å². The van der Waals surface area contributed by atoms with Crippen molar-refractivity contribution in [3.63, 3.8) is 0 Å². The number of hydrogen-bond acceptors (Lipinski definition) is 7. The lowest BCUT2D eigenvalue weighted by Crippen LogP contribution is -2.55. The van der Waals surface area contributed by atoms with E-state index >= 15 is 0 Å². The number of rotatable bonds is 2. The molecular weight excluding hydrogens is 356 g/mol. The molecule has 2 aliphatic rings. The standard InChI is InChI=1S/C18H20N2O7/c1-18(2,3)26-17(24)19-8-9-25-10-13(19)16(23)27-20-14(21)11-6-4-5-7-12(11)15(20)22/h4-7,13H,8-10H2,1-3H3/t13-/m0/s1. The number of hydroxylamine groups is 2. The number of benzene rings is 1. The molecule has 1 fully saturated rings. The average molecular weight is 376 g/mol. The number of morpholine rings is 1. The molecule has 9 heteroatoms. The van der Waals surface area contributed by atoms with Crippen LogP contribution in [0.3, 0.4) is 0 Å². The van der Waals surface area contributed by atoms with Crippen LogP contribution in [0.15, 0.2) is 24.3 Å². The number of amides is 3. The van der Waals surface area contributed by atoms with Crippen LogP contribution in [-0.2, 0) is 19.1 Å². The number of fused-ring (bicyclic) bond motifs is 1. The molecule has 144 valence electrons. The third kappa shape index (κ3) is 3.77. The SMILES string of the molecule is CC(C)(C)OC(=O)N1CCOC[C@H]1C(=O)ON1C(=O)c2ccccc2C1=O. The van der Waals surface area contributed by atoms with E-state index in [1.165, 1.54) is 17.0 Å². The zero-order chi connectivity index (χ0) is 19.8. The van der Waals surface area contributed by atoms with E-state index in [1.54, 1.807) is 32.9 Å². The molecule has 2 heterocycles. The Labute approximate surface area is 155 Å². The predicted molar refractivity (Wildman–Crippen MR) is 90.6 cm³/mol. The summed E-state index contributed by atoms with van der Waals surface area (Å²) in [4.78, 5) is 55.8. The van der Waals surface area contributed by atoms with Gasteiger partial charge in [0.1, 0.15) is 5.60 Å². The van der Waals surface area contributed by atoms with Gasteiger partial charge < -0.3 is 14.3 Å². The van der Waals surface area contributed by atoms with Gasteiger partial charge in [-0.1, -0.05) is 17.2 Å². The maximum Gasteiger partial charge on any atom is 0.411 e. The summed E-state index contributed by atoms with van der Waals surface area (Å²) in [5.74, 6) is -2.41. The Bertz CT molecular complexity index is 764. The second-order valence-electron chi connectivity index (χ2n) is 7.13. The van der Waals surface area contributed by atoms with Crippen LogP contribution in [0.1, 0.15) is 41.5 Å². The van der Waals surface area contributed by atoms with Crippen LogP contribution in [0.4, 0.5) is 4.79 Å². The fourth-order valence-electron chi connectivity index (χ4n) is 2.74. The lowest BCUT2D eigenvalue weighted by molar-refractivity contribution is -0.179. The van der Waals surface area contributed by atoms with Gasteiger partial charge in [-0.3, -0.25) is 14.5 Å². The van der Waals surface area contributed by atoms with Crippen LogP contribution in [0.2, 0.25) is 0 Å². The highest BCUT2D eigenvalue weighted by atomic mass is 16.7. The Morgan fingerprint density at radius 3 is 2.26 bits per heavy atom. The molecule has 27 heavy (non-hydrogen) atoms. The molecule has 1 aromatic rings. The Morgan fingerprint density at radius 2 is 1.70 bits per heavy atom. The van der Waals surface area contributed by atoms with Crippen LogP contribution in [0.25, 0.3) is 0 Å². The molecule has 0 N–H and O–H groups in total. The number of nitrogens with zero attached hydrogens (tertiary/aromatic N) is 2. The summed E-state index contributed by atoms with van der Waals surface area (Å²) in [5, 5.41) is 0.412. The second-order valence-corrected chi connectivity index (χ2v) is 7.13. The first-order valence-corrected chi connectivity index (χ1v) is 8.46. The van der Waals surface area contributed by atoms with Crippen molar-refractivity contribution in [1.82, 2.24) is 9.96 Å². The van der Waals surface area contributed by atoms with Gasteiger partial charge in [-0.05, 0) is 32.9 Å². The molecule has 9 nitrogen and oxygen atoms in total. The van der Waals surface area contributed by atoms with Crippen molar-refractivity contribution in [3.8, 4) is 0 Å². The van der Waals surface area contributed by atoms with E-state index in [9.17, 15) is 19.2 Å². The Kier molecular flexibility index (Phi) is 4.88. The van der Waals surface area contributed by atoms with Gasteiger partial charge in [0.05, 0.1) is 24.3 Å². The summed E-state index contributed by atoms with van der Waals surface area (Å²) in [6, 6.07) is 5.03. The van der Waals surface area contributed by atoms with E-state index in [4.69, 9.17) is 14.3 Å². The van der Waals surface area contributed by atoms with Crippen molar-refractivity contribution in [2.75, 3.05) is 19.8 Å². The quantitative estimate of drug-likeness (QED) is 0.719. The minimum absolute atomic E-state index is 0.122. The van der Waals surface area contributed by atoms with Gasteiger partial charge in [-0.25, -0.2) is 9.59 Å². The topological polar surface area (TPSA) is 102 Å². The number of carbonyl (C=O) groups excluding carboxylic acids is 4. The normalized spacial score (nSPS) is 19.7. The number of carbonyl (C=O) groups is 4. The molecule has 0 aliphatic carbocycles. The highest BCUT2D eigenvalue weighted by Crippen LogP contribution is 2.24. The van der Waals surface area contributed by atoms with Gasteiger partial charge in [0, 0.05) is 6.54 Å². The maximum absolute atomic E-state index is 12.6. The molecule has 0 saturated carbocycles. The van der Waals surface area contributed by atoms with Crippen LogP contribution in [0, 0.1) is 0 Å². The molecule has 0 aromatic heterocycles. The van der Waals surface area contributed by atoms with Crippen molar-refractivity contribution in [1.29, 1.82) is 0 Å². The van der Waals surface area contributed by atoms with E-state index in [-0.39, 0.29) is 30.9 Å². The van der Waals surface area contributed by atoms with Gasteiger partial charge >= 0.3 is 12.1 Å². The summed E-state index contributed by atoms with van der Waals surface area (Å²) < 4.78 is 10.6. The van der Waals surface area contributed by atoms with Crippen LogP contribution in [-0.4, -0.2) is 65.2 Å². The van der Waals surface area contributed by atoms with Crippen molar-refractivity contribution in [3.05, 3.63) is 35.4 Å². The van der Waals surface area contributed by atoms with Gasteiger partial charge in [0.2, 0.25) is 0 Å². The van der Waals surface area contributed by atoms with Gasteiger partial charge in [0.15, 0.2) is 6.04 Å². The summed E-state index contributed by atoms with van der Waals surface area (Å²) in [6.07, 6.45) is -0.699. The molecule has 0 bridgehead atoms. The zero-order valence-corrected chi connectivity index (χ0v) is 15.3. The lowest BCUT2D eigenvalue weighted by Gasteiger charge is -2.35. The smallest absolute Gasteiger partial charge is 0.411 e. The largest absolute Gasteiger partial charge is 0.444 e. The zero-order valence-electron chi connectivity index (χ0n) is 15.3. The molecule has 0 spiro atoms. The number of hydrogen-bond donors (Lipinski definition) is 0. The van der Waals surface area contributed by atoms with E-state index in [0.29, 0.717) is 5.06 Å². The molecular formula is C18H20N2O7. The molecule has 1 atom stereocenters. The van der Waals surface area contributed by atoms with Crippen LogP contribution in [0.5, 0.6) is 0 Å². The minimum Gasteiger partial charge on any atom is -0.444 e. The third-order valence-corrected chi connectivity index (χ3v) is 3.97. The molecule has 3 amide bonds. The van der Waals surface area contributed by atoms with Crippen molar-refractivity contribution in [2.45, 2.75) is 32.4 Å². The van der Waals surface area contributed by atoms with E-state index < -0.39 is 35.5 Å². The van der Waals surface area contributed by atoms with Crippen molar-refractivity contribution >= 4 is 23.9 Å². The molecule has 2 aliphatic heterocycles. The van der Waals surface area contributed by atoms with Crippen molar-refractivity contribution in [2.24, 2.45) is 0 Å². The van der Waals surface area contributed by atoms with Gasteiger partial charge in [-0.2, -0.15) is 0 Å².